The number of aromatic nitrogens is 1. The Morgan fingerprint density at radius 2 is 2.29 bits per heavy atom. The summed E-state index contributed by atoms with van der Waals surface area (Å²) < 4.78 is 0. The van der Waals surface area contributed by atoms with Crippen LogP contribution in [0.25, 0.3) is 0 Å². The van der Waals surface area contributed by atoms with E-state index < -0.39 is 0 Å². The first-order valence-electron chi connectivity index (χ1n) is 4.52. The van der Waals surface area contributed by atoms with Gasteiger partial charge in [0.15, 0.2) is 0 Å². The normalized spacial score (nSPS) is 10.3. The third-order valence-electron chi connectivity index (χ3n) is 1.65. The summed E-state index contributed by atoms with van der Waals surface area (Å²) in [5.41, 5.74) is 0.948. The molecule has 1 aromatic rings. The molecule has 0 aliphatic heterocycles. The van der Waals surface area contributed by atoms with E-state index in [9.17, 15) is 4.79 Å². The summed E-state index contributed by atoms with van der Waals surface area (Å²) in [4.78, 5) is 13.5. The van der Waals surface area contributed by atoms with Crippen LogP contribution in [0.2, 0.25) is 0 Å². The molecule has 4 nitrogen and oxygen atoms in total. The zero-order chi connectivity index (χ0) is 10.2. The van der Waals surface area contributed by atoms with Gasteiger partial charge in [0.1, 0.15) is 0 Å². The maximum Gasteiger partial charge on any atom is 0.304 e. The van der Waals surface area contributed by atoms with Crippen molar-refractivity contribution >= 4 is 11.3 Å². The molecule has 1 aromatic heterocycles. The zero-order valence-corrected chi connectivity index (χ0v) is 8.82. The predicted octanol–water partition coefficient (Wildman–Crippen LogP) is 0.302. The van der Waals surface area contributed by atoms with Gasteiger partial charge >= 0.3 is 4.87 Å². The van der Waals surface area contributed by atoms with Crippen molar-refractivity contribution in [2.45, 2.75) is 6.54 Å². The first kappa shape index (κ1) is 11.2. The second-order valence-electron chi connectivity index (χ2n) is 2.84. The average Bonchev–Trinajstić information content (AvgIpc) is 2.58. The van der Waals surface area contributed by atoms with Gasteiger partial charge in [-0.3, -0.25) is 4.79 Å². The summed E-state index contributed by atoms with van der Waals surface area (Å²) in [5, 5.41) is 8.23. The van der Waals surface area contributed by atoms with Crippen LogP contribution in [-0.4, -0.2) is 24.6 Å². The molecule has 0 radical (unpaired) electrons. The Bertz CT molecular complexity index is 318. The summed E-state index contributed by atoms with van der Waals surface area (Å²) in [7, 11) is 0. The van der Waals surface area contributed by atoms with Crippen LogP contribution in [-0.2, 0) is 6.54 Å². The van der Waals surface area contributed by atoms with E-state index in [1.54, 1.807) is 0 Å². The van der Waals surface area contributed by atoms with Crippen LogP contribution in [0.3, 0.4) is 0 Å². The van der Waals surface area contributed by atoms with Crippen LogP contribution >= 0.6 is 11.3 Å². The minimum atomic E-state index is 0.00609. The fraction of sp³-hybridized carbons (Fsp3) is 0.444. The molecule has 78 valence electrons. The van der Waals surface area contributed by atoms with Gasteiger partial charge in [-0.05, 0) is 0 Å². The molecule has 0 saturated heterocycles. The van der Waals surface area contributed by atoms with Gasteiger partial charge in [0, 0.05) is 37.3 Å². The third kappa shape index (κ3) is 4.36. The van der Waals surface area contributed by atoms with Crippen molar-refractivity contribution < 1.29 is 0 Å². The van der Waals surface area contributed by atoms with Crippen LogP contribution in [0.5, 0.6) is 0 Å². The Kier molecular flexibility index (Phi) is 5.21. The molecule has 0 bridgehead atoms. The first-order chi connectivity index (χ1) is 6.83. The molecule has 0 atom stereocenters. The highest BCUT2D eigenvalue weighted by Crippen LogP contribution is 1.93. The standard InChI is InChI=1S/C9H15N3OS/c1-2-3-10-4-5-11-6-8-7-14-9(13)12-8/h2,7,10-11H,1,3-6H2,(H,12,13). The molecule has 3 N–H and O–H groups in total. The third-order valence-corrected chi connectivity index (χ3v) is 2.37. The zero-order valence-electron chi connectivity index (χ0n) is 8.01. The molecule has 0 saturated carbocycles. The maximum absolute atomic E-state index is 10.8. The molecular formula is C9H15N3OS. The van der Waals surface area contributed by atoms with Crippen LogP contribution in [0.15, 0.2) is 22.8 Å². The molecule has 0 aliphatic rings. The van der Waals surface area contributed by atoms with E-state index in [0.29, 0.717) is 6.54 Å². The monoisotopic (exact) mass is 213 g/mol. The van der Waals surface area contributed by atoms with E-state index in [4.69, 9.17) is 0 Å². The van der Waals surface area contributed by atoms with Gasteiger partial charge in [-0.25, -0.2) is 0 Å². The highest BCUT2D eigenvalue weighted by atomic mass is 32.1. The minimum Gasteiger partial charge on any atom is -0.315 e. The summed E-state index contributed by atoms with van der Waals surface area (Å²) in [6, 6.07) is 0. The molecular weight excluding hydrogens is 198 g/mol. The highest BCUT2D eigenvalue weighted by Gasteiger charge is 1.94. The van der Waals surface area contributed by atoms with Crippen molar-refractivity contribution in [2.24, 2.45) is 0 Å². The molecule has 5 heteroatoms. The van der Waals surface area contributed by atoms with Gasteiger partial charge in [-0.1, -0.05) is 17.4 Å². The molecule has 1 heterocycles. The van der Waals surface area contributed by atoms with Crippen LogP contribution < -0.4 is 15.5 Å². The summed E-state index contributed by atoms with van der Waals surface area (Å²) in [5.74, 6) is 0. The van der Waals surface area contributed by atoms with Gasteiger partial charge in [-0.2, -0.15) is 0 Å². The first-order valence-corrected chi connectivity index (χ1v) is 5.40. The fourth-order valence-electron chi connectivity index (χ4n) is 1.00. The van der Waals surface area contributed by atoms with Crippen molar-refractivity contribution in [3.05, 3.63) is 33.4 Å². The van der Waals surface area contributed by atoms with Gasteiger partial charge in [-0.15, -0.1) is 6.58 Å². The van der Waals surface area contributed by atoms with E-state index in [-0.39, 0.29) is 4.87 Å². The van der Waals surface area contributed by atoms with E-state index >= 15 is 0 Å². The smallest absolute Gasteiger partial charge is 0.304 e. The lowest BCUT2D eigenvalue weighted by atomic mass is 10.4. The van der Waals surface area contributed by atoms with Gasteiger partial charge in [0.25, 0.3) is 0 Å². The number of hydrogen-bond acceptors (Lipinski definition) is 4. The molecule has 14 heavy (non-hydrogen) atoms. The fourth-order valence-corrected chi connectivity index (χ4v) is 1.59. The number of rotatable bonds is 7. The Morgan fingerprint density at radius 1 is 1.50 bits per heavy atom. The Morgan fingerprint density at radius 3 is 2.93 bits per heavy atom. The molecule has 0 aliphatic carbocycles. The second kappa shape index (κ2) is 6.53. The summed E-state index contributed by atoms with van der Waals surface area (Å²) >= 11 is 1.20. The lowest BCUT2D eigenvalue weighted by Crippen LogP contribution is -2.27. The van der Waals surface area contributed by atoms with E-state index in [0.717, 1.165) is 25.3 Å². The van der Waals surface area contributed by atoms with Crippen molar-refractivity contribution in [3.8, 4) is 0 Å². The molecule has 0 aromatic carbocycles. The van der Waals surface area contributed by atoms with E-state index in [1.165, 1.54) is 11.3 Å². The Balaban J connectivity index is 2.04. The quantitative estimate of drug-likeness (QED) is 0.451. The van der Waals surface area contributed by atoms with E-state index in [2.05, 4.69) is 22.2 Å². The topological polar surface area (TPSA) is 56.9 Å². The number of H-pyrrole nitrogens is 1. The van der Waals surface area contributed by atoms with Crippen molar-refractivity contribution in [1.82, 2.24) is 15.6 Å². The Labute approximate surface area is 87.1 Å². The highest BCUT2D eigenvalue weighted by molar-refractivity contribution is 7.07. The van der Waals surface area contributed by atoms with Crippen molar-refractivity contribution in [2.75, 3.05) is 19.6 Å². The predicted molar refractivity (Wildman–Crippen MR) is 59.7 cm³/mol. The van der Waals surface area contributed by atoms with Crippen LogP contribution in [0.4, 0.5) is 0 Å². The molecule has 1 rings (SSSR count). The summed E-state index contributed by atoms with van der Waals surface area (Å²) in [6.45, 7) is 6.94. The molecule has 0 unspecified atom stereocenters. The SMILES string of the molecule is C=CCNCCNCc1csc(=O)[nH]1. The Hall–Kier alpha value is -0.910. The van der Waals surface area contributed by atoms with Crippen LogP contribution in [0, 0.1) is 0 Å². The maximum atomic E-state index is 10.8. The second-order valence-corrected chi connectivity index (χ2v) is 3.69. The number of nitrogens with one attached hydrogen (secondary N) is 3. The number of aromatic amines is 1. The molecule has 0 fully saturated rings. The lowest BCUT2D eigenvalue weighted by Gasteiger charge is -2.02. The largest absolute Gasteiger partial charge is 0.315 e. The molecule has 0 spiro atoms. The summed E-state index contributed by atoms with van der Waals surface area (Å²) in [6.07, 6.45) is 1.83. The van der Waals surface area contributed by atoms with E-state index in [1.807, 2.05) is 11.5 Å². The van der Waals surface area contributed by atoms with Gasteiger partial charge in [0.05, 0.1) is 0 Å². The van der Waals surface area contributed by atoms with Crippen LogP contribution in [0.1, 0.15) is 5.69 Å². The van der Waals surface area contributed by atoms with Crippen molar-refractivity contribution in [1.29, 1.82) is 0 Å². The number of thiazole rings is 1. The molecule has 0 amide bonds. The van der Waals surface area contributed by atoms with Crippen molar-refractivity contribution in [3.63, 3.8) is 0 Å². The van der Waals surface area contributed by atoms with Gasteiger partial charge < -0.3 is 15.6 Å². The van der Waals surface area contributed by atoms with Gasteiger partial charge in [0.2, 0.25) is 0 Å². The lowest BCUT2D eigenvalue weighted by molar-refractivity contribution is 0.629. The number of hydrogen-bond donors (Lipinski definition) is 3. The minimum absolute atomic E-state index is 0.00609. The average molecular weight is 213 g/mol.